The first-order chi connectivity index (χ1) is 11.3. The first kappa shape index (κ1) is 16.2. The molecule has 2 aliphatic rings. The molecule has 2 fully saturated rings. The molecule has 1 saturated carbocycles. The highest BCUT2D eigenvalue weighted by atomic mass is 16.2. The van der Waals surface area contributed by atoms with E-state index in [-0.39, 0.29) is 6.03 Å². The maximum Gasteiger partial charge on any atom is 0.315 e. The Hall–Kier alpha value is -1.69. The Morgan fingerprint density at radius 3 is 2.83 bits per heavy atom. The van der Waals surface area contributed by atoms with Gasteiger partial charge in [0, 0.05) is 24.8 Å². The molecule has 1 aliphatic heterocycles. The first-order valence-electron chi connectivity index (χ1n) is 8.87. The van der Waals surface area contributed by atoms with E-state index >= 15 is 0 Å². The summed E-state index contributed by atoms with van der Waals surface area (Å²) in [6.07, 6.45) is 10.8. The molecular weight excluding hydrogens is 290 g/mol. The van der Waals surface area contributed by atoms with E-state index in [1.54, 1.807) is 6.20 Å². The van der Waals surface area contributed by atoms with Crippen LogP contribution in [0.2, 0.25) is 0 Å². The number of nitrogens with zero attached hydrogens (tertiary/aromatic N) is 3. The molecule has 6 nitrogen and oxygen atoms in total. The van der Waals surface area contributed by atoms with Crippen LogP contribution in [-0.4, -0.2) is 46.3 Å². The number of hydrogen-bond donors (Lipinski definition) is 2. The third-order valence-electron chi connectivity index (χ3n) is 5.02. The van der Waals surface area contributed by atoms with Crippen molar-refractivity contribution >= 4 is 6.03 Å². The molecule has 1 aromatic rings. The summed E-state index contributed by atoms with van der Waals surface area (Å²) in [6.45, 7) is 2.34. The van der Waals surface area contributed by atoms with Gasteiger partial charge in [0.05, 0.1) is 12.2 Å². The largest absolute Gasteiger partial charge is 0.337 e. The number of aromatic nitrogens is 2. The van der Waals surface area contributed by atoms with Crippen molar-refractivity contribution in [3.63, 3.8) is 0 Å². The summed E-state index contributed by atoms with van der Waals surface area (Å²) in [4.78, 5) is 14.6. The van der Waals surface area contributed by atoms with Crippen LogP contribution in [0, 0.1) is 0 Å². The Morgan fingerprint density at radius 1 is 1.17 bits per heavy atom. The minimum Gasteiger partial charge on any atom is -0.337 e. The summed E-state index contributed by atoms with van der Waals surface area (Å²) < 4.78 is 0. The number of rotatable bonds is 5. The van der Waals surface area contributed by atoms with E-state index in [1.807, 2.05) is 12.1 Å². The lowest BCUT2D eigenvalue weighted by atomic mass is 9.94. The zero-order valence-electron chi connectivity index (χ0n) is 13.7. The highest BCUT2D eigenvalue weighted by molar-refractivity contribution is 5.73. The molecule has 0 aromatic carbocycles. The van der Waals surface area contributed by atoms with Crippen LogP contribution in [0.3, 0.4) is 0 Å². The van der Waals surface area contributed by atoms with Crippen molar-refractivity contribution in [2.75, 3.05) is 13.1 Å². The predicted molar refractivity (Wildman–Crippen MR) is 88.9 cm³/mol. The summed E-state index contributed by atoms with van der Waals surface area (Å²) in [5.41, 5.74) is 0.771. The van der Waals surface area contributed by atoms with Crippen LogP contribution in [0.25, 0.3) is 0 Å². The Labute approximate surface area is 138 Å². The number of carbonyl (C=O) groups is 1. The number of urea groups is 1. The molecule has 0 unspecified atom stereocenters. The van der Waals surface area contributed by atoms with Crippen molar-refractivity contribution in [2.45, 2.75) is 63.6 Å². The van der Waals surface area contributed by atoms with Gasteiger partial charge in [0.2, 0.25) is 0 Å². The van der Waals surface area contributed by atoms with Gasteiger partial charge in [-0.05, 0) is 44.4 Å². The second-order valence-electron chi connectivity index (χ2n) is 6.60. The maximum atomic E-state index is 12.0. The molecule has 0 bridgehead atoms. The topological polar surface area (TPSA) is 70.1 Å². The SMILES string of the molecule is O=C(NCc1cccnn1)NC[C@@H]1CCCN1C1CCCCC1. The van der Waals surface area contributed by atoms with E-state index < -0.39 is 0 Å². The van der Waals surface area contributed by atoms with Gasteiger partial charge in [0.1, 0.15) is 0 Å². The number of likely N-dealkylation sites (tertiary alicyclic amines) is 1. The molecule has 2 amide bonds. The second-order valence-corrected chi connectivity index (χ2v) is 6.60. The fraction of sp³-hybridized carbons (Fsp3) is 0.706. The third kappa shape index (κ3) is 4.64. The molecule has 126 valence electrons. The molecule has 6 heteroatoms. The summed E-state index contributed by atoms with van der Waals surface area (Å²) in [5.74, 6) is 0. The minimum absolute atomic E-state index is 0.119. The average molecular weight is 317 g/mol. The van der Waals surface area contributed by atoms with Gasteiger partial charge in [-0.3, -0.25) is 4.90 Å². The van der Waals surface area contributed by atoms with Crippen LogP contribution in [0.1, 0.15) is 50.6 Å². The molecule has 2 N–H and O–H groups in total. The fourth-order valence-electron chi connectivity index (χ4n) is 3.84. The summed E-state index contributed by atoms with van der Waals surface area (Å²) in [6, 6.07) is 4.80. The van der Waals surface area contributed by atoms with E-state index in [9.17, 15) is 4.79 Å². The van der Waals surface area contributed by atoms with Crippen molar-refractivity contribution in [1.29, 1.82) is 0 Å². The quantitative estimate of drug-likeness (QED) is 0.872. The Bertz CT molecular complexity index is 489. The summed E-state index contributed by atoms with van der Waals surface area (Å²) in [7, 11) is 0. The lowest BCUT2D eigenvalue weighted by Crippen LogP contribution is -2.47. The predicted octanol–water partition coefficient (Wildman–Crippen LogP) is 2.07. The van der Waals surface area contributed by atoms with E-state index in [0.29, 0.717) is 12.6 Å². The standard InChI is InChI=1S/C17H27N5O/c23-17(18-12-14-6-4-10-20-21-14)19-13-16-9-5-11-22(16)15-7-2-1-3-8-15/h4,6,10,15-16H,1-3,5,7-9,11-13H2,(H2,18,19,23)/t16-/m0/s1. The molecule has 3 rings (SSSR count). The van der Waals surface area contributed by atoms with E-state index in [1.165, 1.54) is 51.5 Å². The first-order valence-corrected chi connectivity index (χ1v) is 8.87. The zero-order chi connectivity index (χ0) is 15.9. The molecule has 1 aliphatic carbocycles. The second kappa shape index (κ2) is 8.24. The summed E-state index contributed by atoms with van der Waals surface area (Å²) >= 11 is 0. The van der Waals surface area contributed by atoms with Gasteiger partial charge >= 0.3 is 6.03 Å². The van der Waals surface area contributed by atoms with Crippen LogP contribution in [0.15, 0.2) is 18.3 Å². The minimum atomic E-state index is -0.119. The maximum absolute atomic E-state index is 12.0. The van der Waals surface area contributed by atoms with Crippen LogP contribution < -0.4 is 10.6 Å². The number of amides is 2. The highest BCUT2D eigenvalue weighted by Gasteiger charge is 2.31. The van der Waals surface area contributed by atoms with Crippen LogP contribution >= 0.6 is 0 Å². The number of carbonyl (C=O) groups excluding carboxylic acids is 1. The van der Waals surface area contributed by atoms with Crippen LogP contribution in [0.5, 0.6) is 0 Å². The van der Waals surface area contributed by atoms with Crippen molar-refractivity contribution < 1.29 is 4.79 Å². The molecule has 0 radical (unpaired) electrons. The Kier molecular flexibility index (Phi) is 5.80. The van der Waals surface area contributed by atoms with Gasteiger partial charge in [0.15, 0.2) is 0 Å². The van der Waals surface area contributed by atoms with E-state index in [0.717, 1.165) is 18.3 Å². The van der Waals surface area contributed by atoms with Gasteiger partial charge in [0.25, 0.3) is 0 Å². The normalized spacial score (nSPS) is 22.9. The highest BCUT2D eigenvalue weighted by Crippen LogP contribution is 2.28. The lowest BCUT2D eigenvalue weighted by Gasteiger charge is -2.35. The Balaban J connectivity index is 1.41. The third-order valence-corrected chi connectivity index (χ3v) is 5.02. The molecule has 23 heavy (non-hydrogen) atoms. The number of nitrogens with one attached hydrogen (secondary N) is 2. The molecule has 2 heterocycles. The van der Waals surface area contributed by atoms with Gasteiger partial charge in [-0.15, -0.1) is 0 Å². The van der Waals surface area contributed by atoms with Gasteiger partial charge in [-0.2, -0.15) is 10.2 Å². The van der Waals surface area contributed by atoms with E-state index in [2.05, 4.69) is 25.7 Å². The average Bonchev–Trinajstić information content (AvgIpc) is 3.08. The zero-order valence-corrected chi connectivity index (χ0v) is 13.7. The van der Waals surface area contributed by atoms with Crippen LogP contribution in [0.4, 0.5) is 4.79 Å². The van der Waals surface area contributed by atoms with Gasteiger partial charge < -0.3 is 10.6 Å². The van der Waals surface area contributed by atoms with Gasteiger partial charge in [-0.25, -0.2) is 4.79 Å². The van der Waals surface area contributed by atoms with Crippen molar-refractivity contribution in [3.05, 3.63) is 24.0 Å². The van der Waals surface area contributed by atoms with Crippen molar-refractivity contribution in [2.24, 2.45) is 0 Å². The van der Waals surface area contributed by atoms with E-state index in [4.69, 9.17) is 0 Å². The summed E-state index contributed by atoms with van der Waals surface area (Å²) in [5, 5.41) is 13.6. The fourth-order valence-corrected chi connectivity index (χ4v) is 3.84. The smallest absolute Gasteiger partial charge is 0.315 e. The Morgan fingerprint density at radius 2 is 2.04 bits per heavy atom. The molecule has 1 saturated heterocycles. The molecule has 1 aromatic heterocycles. The molecule has 0 spiro atoms. The van der Waals surface area contributed by atoms with Crippen LogP contribution in [-0.2, 0) is 6.54 Å². The number of hydrogen-bond acceptors (Lipinski definition) is 4. The lowest BCUT2D eigenvalue weighted by molar-refractivity contribution is 0.140. The molecular formula is C17H27N5O. The molecule has 1 atom stereocenters. The monoisotopic (exact) mass is 317 g/mol. The van der Waals surface area contributed by atoms with Crippen molar-refractivity contribution in [3.8, 4) is 0 Å². The van der Waals surface area contributed by atoms with Crippen molar-refractivity contribution in [1.82, 2.24) is 25.7 Å². The van der Waals surface area contributed by atoms with Gasteiger partial charge in [-0.1, -0.05) is 19.3 Å².